The standard InChI is InChI=1S/C24H32N4O3/c1-17-6-5-7-18(2)22(17)26-24(30)23(29)25-16-21(28-14-12-27(3)13-15-28)19-8-10-20(31-4)11-9-19/h5-11,21H,12-16H2,1-4H3,(H,25,29)(H,26,30)/p+2/t21-/m0/s1. The van der Waals surface area contributed by atoms with Gasteiger partial charge in [0.2, 0.25) is 0 Å². The number of hydrogen-bond donors (Lipinski definition) is 4. The average molecular weight is 427 g/mol. The molecular weight excluding hydrogens is 392 g/mol. The van der Waals surface area contributed by atoms with Crippen molar-refractivity contribution in [2.75, 3.05) is 52.2 Å². The van der Waals surface area contributed by atoms with Crippen molar-refractivity contribution in [3.63, 3.8) is 0 Å². The number of anilines is 1. The van der Waals surface area contributed by atoms with E-state index in [0.29, 0.717) is 12.2 Å². The van der Waals surface area contributed by atoms with Gasteiger partial charge in [0.1, 0.15) is 38.0 Å². The Balaban J connectivity index is 1.68. The Morgan fingerprint density at radius 3 is 2.16 bits per heavy atom. The first-order valence-corrected chi connectivity index (χ1v) is 10.8. The SMILES string of the molecule is COc1ccc([C@H](CNC(=O)C(=O)Nc2c(C)cccc2C)[NH+]2CC[NH+](C)CC2)cc1. The number of methoxy groups -OCH3 is 1. The van der Waals surface area contributed by atoms with E-state index in [2.05, 4.69) is 17.7 Å². The summed E-state index contributed by atoms with van der Waals surface area (Å²) in [5, 5.41) is 5.63. The Hall–Kier alpha value is -2.90. The van der Waals surface area contributed by atoms with Gasteiger partial charge in [0.25, 0.3) is 0 Å². The van der Waals surface area contributed by atoms with Crippen molar-refractivity contribution in [3.8, 4) is 5.75 Å². The van der Waals surface area contributed by atoms with Gasteiger partial charge in [0.15, 0.2) is 0 Å². The number of aryl methyl sites for hydroxylation is 2. The van der Waals surface area contributed by atoms with Gasteiger partial charge < -0.3 is 25.2 Å². The zero-order valence-electron chi connectivity index (χ0n) is 18.9. The van der Waals surface area contributed by atoms with Gasteiger partial charge in [-0.05, 0) is 49.2 Å². The van der Waals surface area contributed by atoms with Gasteiger partial charge in [0.05, 0.1) is 20.7 Å². The van der Waals surface area contributed by atoms with Crippen LogP contribution >= 0.6 is 0 Å². The summed E-state index contributed by atoms with van der Waals surface area (Å²) in [5.41, 5.74) is 3.69. The van der Waals surface area contributed by atoms with Crippen LogP contribution in [0.25, 0.3) is 0 Å². The quantitative estimate of drug-likeness (QED) is 0.472. The number of likely N-dealkylation sites (N-methyl/N-ethyl adjacent to an activating group) is 1. The highest BCUT2D eigenvalue weighted by Gasteiger charge is 2.30. The number of para-hydroxylation sites is 1. The molecule has 1 atom stereocenters. The van der Waals surface area contributed by atoms with Gasteiger partial charge >= 0.3 is 11.8 Å². The Morgan fingerprint density at radius 2 is 1.58 bits per heavy atom. The molecule has 0 aliphatic carbocycles. The zero-order chi connectivity index (χ0) is 22.4. The summed E-state index contributed by atoms with van der Waals surface area (Å²) in [5.74, 6) is -0.443. The van der Waals surface area contributed by atoms with Crippen LogP contribution in [0.4, 0.5) is 5.69 Å². The van der Waals surface area contributed by atoms with E-state index in [1.165, 1.54) is 9.80 Å². The van der Waals surface area contributed by atoms with E-state index < -0.39 is 11.8 Å². The largest absolute Gasteiger partial charge is 0.497 e. The number of rotatable bonds is 6. The lowest BCUT2D eigenvalue weighted by Crippen LogP contribution is -3.27. The molecule has 0 spiro atoms. The molecule has 2 aromatic carbocycles. The van der Waals surface area contributed by atoms with E-state index >= 15 is 0 Å². The zero-order valence-corrected chi connectivity index (χ0v) is 18.9. The molecule has 1 aliphatic heterocycles. The summed E-state index contributed by atoms with van der Waals surface area (Å²) in [6.45, 7) is 8.45. The predicted molar refractivity (Wildman–Crippen MR) is 121 cm³/mol. The van der Waals surface area contributed by atoms with Crippen molar-refractivity contribution in [2.24, 2.45) is 0 Å². The summed E-state index contributed by atoms with van der Waals surface area (Å²) in [7, 11) is 3.86. The first kappa shape index (κ1) is 22.8. The second kappa shape index (κ2) is 10.4. The number of piperazine rings is 1. The van der Waals surface area contributed by atoms with Gasteiger partial charge in [-0.25, -0.2) is 0 Å². The van der Waals surface area contributed by atoms with Crippen molar-refractivity contribution in [1.29, 1.82) is 0 Å². The minimum absolute atomic E-state index is 0.0796. The summed E-state index contributed by atoms with van der Waals surface area (Å²) >= 11 is 0. The number of carbonyl (C=O) groups is 2. The lowest BCUT2D eigenvalue weighted by molar-refractivity contribution is -1.02. The molecule has 0 bridgehead atoms. The molecule has 7 nitrogen and oxygen atoms in total. The molecule has 1 saturated heterocycles. The second-order valence-corrected chi connectivity index (χ2v) is 8.37. The normalized spacial score (nSPS) is 19.4. The van der Waals surface area contributed by atoms with Crippen molar-refractivity contribution in [2.45, 2.75) is 19.9 Å². The Labute approximate surface area is 184 Å². The fraction of sp³-hybridized carbons (Fsp3) is 0.417. The summed E-state index contributed by atoms with van der Waals surface area (Å²) in [6, 6.07) is 13.8. The minimum atomic E-state index is -0.635. The van der Waals surface area contributed by atoms with E-state index in [1.807, 2.05) is 56.3 Å². The van der Waals surface area contributed by atoms with E-state index in [9.17, 15) is 9.59 Å². The fourth-order valence-corrected chi connectivity index (χ4v) is 4.14. The molecule has 0 saturated carbocycles. The lowest BCUT2D eigenvalue weighted by Gasteiger charge is -2.33. The molecule has 4 N–H and O–H groups in total. The Kier molecular flexibility index (Phi) is 7.65. The van der Waals surface area contributed by atoms with Crippen LogP contribution in [0, 0.1) is 13.8 Å². The van der Waals surface area contributed by atoms with E-state index in [-0.39, 0.29) is 6.04 Å². The number of hydrogen-bond acceptors (Lipinski definition) is 3. The van der Waals surface area contributed by atoms with Gasteiger partial charge in [-0.2, -0.15) is 0 Å². The number of ether oxygens (including phenoxy) is 1. The van der Waals surface area contributed by atoms with Crippen LogP contribution in [-0.2, 0) is 9.59 Å². The molecule has 0 unspecified atom stereocenters. The van der Waals surface area contributed by atoms with Crippen LogP contribution in [0.15, 0.2) is 42.5 Å². The Morgan fingerprint density at radius 1 is 0.968 bits per heavy atom. The number of nitrogens with one attached hydrogen (secondary N) is 4. The monoisotopic (exact) mass is 426 g/mol. The van der Waals surface area contributed by atoms with Crippen molar-refractivity contribution in [3.05, 3.63) is 59.2 Å². The van der Waals surface area contributed by atoms with Gasteiger partial charge in [-0.3, -0.25) is 9.59 Å². The van der Waals surface area contributed by atoms with Crippen LogP contribution < -0.4 is 25.2 Å². The number of benzene rings is 2. The highest BCUT2D eigenvalue weighted by molar-refractivity contribution is 6.39. The van der Waals surface area contributed by atoms with Crippen molar-refractivity contribution < 1.29 is 24.1 Å². The summed E-state index contributed by atoms with van der Waals surface area (Å²) < 4.78 is 5.28. The van der Waals surface area contributed by atoms with E-state index in [0.717, 1.165) is 48.6 Å². The molecule has 1 fully saturated rings. The van der Waals surface area contributed by atoms with E-state index in [1.54, 1.807) is 7.11 Å². The molecule has 3 rings (SSSR count). The molecular formula is C24H34N4O3+2. The van der Waals surface area contributed by atoms with E-state index in [4.69, 9.17) is 4.74 Å². The highest BCUT2D eigenvalue weighted by atomic mass is 16.5. The number of carbonyl (C=O) groups excluding carboxylic acids is 2. The first-order chi connectivity index (χ1) is 14.9. The fourth-order valence-electron chi connectivity index (χ4n) is 4.14. The number of amides is 2. The molecule has 31 heavy (non-hydrogen) atoms. The van der Waals surface area contributed by atoms with Crippen molar-refractivity contribution >= 4 is 17.5 Å². The predicted octanol–water partition coefficient (Wildman–Crippen LogP) is -0.479. The molecule has 2 amide bonds. The smallest absolute Gasteiger partial charge is 0.313 e. The molecule has 7 heteroatoms. The first-order valence-electron chi connectivity index (χ1n) is 10.8. The maximum Gasteiger partial charge on any atom is 0.313 e. The van der Waals surface area contributed by atoms with Gasteiger partial charge in [0, 0.05) is 11.3 Å². The third-order valence-corrected chi connectivity index (χ3v) is 6.15. The van der Waals surface area contributed by atoms with Crippen LogP contribution in [0.3, 0.4) is 0 Å². The molecule has 166 valence electrons. The highest BCUT2D eigenvalue weighted by Crippen LogP contribution is 2.19. The van der Waals surface area contributed by atoms with Crippen LogP contribution in [-0.4, -0.2) is 58.7 Å². The van der Waals surface area contributed by atoms with Crippen LogP contribution in [0.1, 0.15) is 22.7 Å². The Bertz CT molecular complexity index is 885. The maximum absolute atomic E-state index is 12.6. The third kappa shape index (κ3) is 5.83. The van der Waals surface area contributed by atoms with Gasteiger partial charge in [-0.15, -0.1) is 0 Å². The van der Waals surface area contributed by atoms with Crippen LogP contribution in [0.2, 0.25) is 0 Å². The van der Waals surface area contributed by atoms with Crippen LogP contribution in [0.5, 0.6) is 5.75 Å². The average Bonchev–Trinajstić information content (AvgIpc) is 2.77. The number of quaternary nitrogens is 2. The topological polar surface area (TPSA) is 76.3 Å². The lowest BCUT2D eigenvalue weighted by atomic mass is 10.0. The molecule has 1 heterocycles. The summed E-state index contributed by atoms with van der Waals surface area (Å²) in [6.07, 6.45) is 0. The molecule has 1 aliphatic rings. The molecule has 0 radical (unpaired) electrons. The second-order valence-electron chi connectivity index (χ2n) is 8.37. The maximum atomic E-state index is 12.6. The summed E-state index contributed by atoms with van der Waals surface area (Å²) in [4.78, 5) is 28.0. The molecule has 2 aromatic rings. The molecule has 0 aromatic heterocycles. The third-order valence-electron chi connectivity index (χ3n) is 6.15. The van der Waals surface area contributed by atoms with Gasteiger partial charge in [-0.1, -0.05) is 18.2 Å². The minimum Gasteiger partial charge on any atom is -0.497 e. The van der Waals surface area contributed by atoms with Crippen molar-refractivity contribution in [1.82, 2.24) is 5.32 Å².